The number of nitrogen functional groups attached to an aromatic ring is 1. The van der Waals surface area contributed by atoms with Crippen molar-refractivity contribution in [1.29, 1.82) is 5.41 Å². The molecule has 2 aromatic carbocycles. The van der Waals surface area contributed by atoms with Crippen LogP contribution in [0.5, 0.6) is 0 Å². The fourth-order valence-corrected chi connectivity index (χ4v) is 4.70. The van der Waals surface area contributed by atoms with Gasteiger partial charge in [-0.1, -0.05) is 30.3 Å². The summed E-state index contributed by atoms with van der Waals surface area (Å²) in [7, 11) is 0. The molecule has 9 heteroatoms. The molecule has 36 heavy (non-hydrogen) atoms. The summed E-state index contributed by atoms with van der Waals surface area (Å²) in [6.45, 7) is 0.880. The number of imidazole rings is 1. The zero-order chi connectivity index (χ0) is 25.2. The van der Waals surface area contributed by atoms with Gasteiger partial charge in [-0.3, -0.25) is 19.9 Å². The Morgan fingerprint density at radius 3 is 2.61 bits per heavy atom. The fourth-order valence-electron chi connectivity index (χ4n) is 4.70. The number of benzene rings is 2. The number of amides is 1. The average Bonchev–Trinajstić information content (AvgIpc) is 3.23. The Balaban J connectivity index is 1.50. The molecule has 0 fully saturated rings. The summed E-state index contributed by atoms with van der Waals surface area (Å²) in [6, 6.07) is 16.5. The van der Waals surface area contributed by atoms with Crippen molar-refractivity contribution in [3.05, 3.63) is 88.9 Å². The number of hydrogen-bond donors (Lipinski definition) is 3. The Kier molecular flexibility index (Phi) is 6.20. The van der Waals surface area contributed by atoms with E-state index in [4.69, 9.17) is 16.1 Å². The molecule has 0 bridgehead atoms. The summed E-state index contributed by atoms with van der Waals surface area (Å²) in [6.07, 6.45) is 3.80. The van der Waals surface area contributed by atoms with Crippen LogP contribution in [-0.4, -0.2) is 43.9 Å². The molecule has 182 valence electrons. The van der Waals surface area contributed by atoms with Crippen molar-refractivity contribution >= 4 is 34.6 Å². The second-order valence-electron chi connectivity index (χ2n) is 8.86. The van der Waals surface area contributed by atoms with Gasteiger partial charge in [0.05, 0.1) is 17.5 Å². The zero-order valence-corrected chi connectivity index (χ0v) is 19.6. The molecule has 1 aliphatic rings. The maximum atomic E-state index is 13.6. The van der Waals surface area contributed by atoms with Crippen molar-refractivity contribution in [2.45, 2.75) is 32.2 Å². The van der Waals surface area contributed by atoms with Crippen LogP contribution in [0.15, 0.2) is 60.8 Å². The number of carboxylic acid groups (broad SMARTS) is 1. The molecule has 0 aliphatic carbocycles. The van der Waals surface area contributed by atoms with Gasteiger partial charge in [0.1, 0.15) is 17.5 Å². The minimum Gasteiger partial charge on any atom is -0.481 e. The number of rotatable bonds is 8. The molecule has 9 nitrogen and oxygen atoms in total. The maximum Gasteiger partial charge on any atom is 0.305 e. The topological polar surface area (TPSA) is 138 Å². The average molecular weight is 483 g/mol. The van der Waals surface area contributed by atoms with Crippen molar-refractivity contribution in [2.75, 3.05) is 11.4 Å². The predicted molar refractivity (Wildman–Crippen MR) is 136 cm³/mol. The van der Waals surface area contributed by atoms with E-state index < -0.39 is 5.97 Å². The lowest BCUT2D eigenvalue weighted by Gasteiger charge is -2.22. The Hall–Kier alpha value is -4.53. The number of anilines is 1. The third kappa shape index (κ3) is 4.55. The number of aliphatic carboxylic acids is 1. The van der Waals surface area contributed by atoms with Crippen LogP contribution in [0.2, 0.25) is 0 Å². The van der Waals surface area contributed by atoms with Gasteiger partial charge in [0, 0.05) is 36.8 Å². The van der Waals surface area contributed by atoms with E-state index in [1.807, 2.05) is 30.3 Å². The van der Waals surface area contributed by atoms with Gasteiger partial charge in [-0.05, 0) is 48.2 Å². The van der Waals surface area contributed by atoms with E-state index >= 15 is 0 Å². The molecule has 4 N–H and O–H groups in total. The number of nitrogens with two attached hydrogens (primary N) is 1. The van der Waals surface area contributed by atoms with Gasteiger partial charge in [0.2, 0.25) is 0 Å². The lowest BCUT2D eigenvalue weighted by molar-refractivity contribution is -0.136. The molecule has 0 atom stereocenters. The number of amidine groups is 1. The fraction of sp³-hybridized carbons (Fsp3) is 0.222. The number of nitrogens with zero attached hydrogens (tertiary/aromatic N) is 4. The highest BCUT2D eigenvalue weighted by Gasteiger charge is 2.24. The number of carbonyl (C=O) groups excluding carboxylic acids is 1. The van der Waals surface area contributed by atoms with Crippen LogP contribution in [0.25, 0.3) is 11.0 Å². The van der Waals surface area contributed by atoms with Crippen molar-refractivity contribution in [3.8, 4) is 0 Å². The summed E-state index contributed by atoms with van der Waals surface area (Å²) >= 11 is 0. The van der Waals surface area contributed by atoms with Crippen molar-refractivity contribution in [3.63, 3.8) is 0 Å². The molecule has 0 saturated heterocycles. The Labute approximate surface area is 207 Å². The molecule has 0 spiro atoms. The van der Waals surface area contributed by atoms with E-state index in [0.29, 0.717) is 23.4 Å². The minimum atomic E-state index is -0.978. The molecule has 1 amide bonds. The van der Waals surface area contributed by atoms with Crippen molar-refractivity contribution < 1.29 is 14.7 Å². The monoisotopic (exact) mass is 482 g/mol. The van der Waals surface area contributed by atoms with Crippen LogP contribution in [-0.2, 0) is 24.2 Å². The van der Waals surface area contributed by atoms with E-state index in [9.17, 15) is 14.7 Å². The van der Waals surface area contributed by atoms with Gasteiger partial charge >= 0.3 is 5.97 Å². The molecule has 2 aromatic heterocycles. The highest BCUT2D eigenvalue weighted by Crippen LogP contribution is 2.30. The summed E-state index contributed by atoms with van der Waals surface area (Å²) in [5, 5.41) is 16.8. The Morgan fingerprint density at radius 1 is 1.11 bits per heavy atom. The molecule has 3 heterocycles. The first-order chi connectivity index (χ1) is 17.4. The first-order valence-corrected chi connectivity index (χ1v) is 11.8. The van der Waals surface area contributed by atoms with Gasteiger partial charge in [-0.15, -0.1) is 0 Å². The zero-order valence-electron chi connectivity index (χ0n) is 19.6. The molecule has 0 radical (unpaired) electrons. The largest absolute Gasteiger partial charge is 0.481 e. The number of aromatic nitrogens is 3. The number of carboxylic acids is 1. The molecule has 4 aromatic rings. The predicted octanol–water partition coefficient (Wildman–Crippen LogP) is 3.37. The van der Waals surface area contributed by atoms with E-state index in [0.717, 1.165) is 47.4 Å². The van der Waals surface area contributed by atoms with Crippen molar-refractivity contribution in [2.24, 2.45) is 5.73 Å². The third-order valence-electron chi connectivity index (χ3n) is 6.42. The minimum absolute atomic E-state index is 0.0223. The van der Waals surface area contributed by atoms with Gasteiger partial charge in [0.25, 0.3) is 5.91 Å². The van der Waals surface area contributed by atoms with Gasteiger partial charge < -0.3 is 15.4 Å². The number of nitrogens with one attached hydrogen (secondary N) is 1. The van der Waals surface area contributed by atoms with Crippen LogP contribution in [0.3, 0.4) is 0 Å². The molecule has 0 saturated carbocycles. The Morgan fingerprint density at radius 2 is 1.92 bits per heavy atom. The quantitative estimate of drug-likeness (QED) is 0.260. The lowest BCUT2D eigenvalue weighted by Crippen LogP contribution is -2.33. The second-order valence-corrected chi connectivity index (χ2v) is 8.86. The van der Waals surface area contributed by atoms with E-state index in [1.165, 1.54) is 4.90 Å². The normalized spacial score (nSPS) is 12.4. The molecule has 1 aliphatic heterocycles. The van der Waals surface area contributed by atoms with Crippen LogP contribution in [0.1, 0.15) is 45.7 Å². The molecular weight excluding hydrogens is 456 g/mol. The van der Waals surface area contributed by atoms with Crippen LogP contribution in [0, 0.1) is 5.41 Å². The molecular formula is C27H26N6O3. The van der Waals surface area contributed by atoms with Crippen LogP contribution in [0.4, 0.5) is 5.82 Å². The van der Waals surface area contributed by atoms with Gasteiger partial charge in [0.15, 0.2) is 0 Å². The van der Waals surface area contributed by atoms with E-state index in [2.05, 4.69) is 9.55 Å². The smallest absolute Gasteiger partial charge is 0.305 e. The van der Waals surface area contributed by atoms with Crippen molar-refractivity contribution in [1.82, 2.24) is 14.5 Å². The summed E-state index contributed by atoms with van der Waals surface area (Å²) in [5.74, 6) is 0.0908. The first kappa shape index (κ1) is 23.2. The summed E-state index contributed by atoms with van der Waals surface area (Å²) < 4.78 is 2.22. The lowest BCUT2D eigenvalue weighted by atomic mass is 10.0. The van der Waals surface area contributed by atoms with Gasteiger partial charge in [-0.25, -0.2) is 9.97 Å². The SMILES string of the molecule is N=C(N)c1ccc(Cc2nc3cc(C(=O)N(CCC(=O)O)c4ccccn4)cc4c3n2CCC4)cc1. The number of pyridine rings is 1. The highest BCUT2D eigenvalue weighted by atomic mass is 16.4. The van der Waals surface area contributed by atoms with Crippen LogP contribution >= 0.6 is 0 Å². The van der Waals surface area contributed by atoms with E-state index in [1.54, 1.807) is 30.5 Å². The van der Waals surface area contributed by atoms with Gasteiger partial charge in [-0.2, -0.15) is 0 Å². The molecule has 5 rings (SSSR count). The third-order valence-corrected chi connectivity index (χ3v) is 6.42. The first-order valence-electron chi connectivity index (χ1n) is 11.8. The highest BCUT2D eigenvalue weighted by molar-refractivity contribution is 6.07. The second kappa shape index (κ2) is 9.61. The standard InChI is InChI=1S/C27H26N6O3/c28-26(29)18-8-6-17(7-9-18)14-23-31-21-16-20(15-19-4-3-12-32(23)25(19)21)27(36)33(13-10-24(34)35)22-5-1-2-11-30-22/h1-2,5-9,11,15-16H,3-4,10,12-14H2,(H3,28,29)(H,34,35). The number of hydrogen-bond acceptors (Lipinski definition) is 5. The number of aryl methyl sites for hydroxylation is 2. The van der Waals surface area contributed by atoms with E-state index in [-0.39, 0.29) is 24.7 Å². The molecule has 0 unspecified atom stereocenters. The number of carbonyl (C=O) groups is 2. The summed E-state index contributed by atoms with van der Waals surface area (Å²) in [5.41, 5.74) is 10.6. The summed E-state index contributed by atoms with van der Waals surface area (Å²) in [4.78, 5) is 35.4. The maximum absolute atomic E-state index is 13.6. The van der Waals surface area contributed by atoms with Crippen LogP contribution < -0.4 is 10.6 Å². The Bertz CT molecular complexity index is 1460.